The number of aliphatic hydroxyl groups excluding tert-OH is 1. The van der Waals surface area contributed by atoms with Crippen molar-refractivity contribution in [1.29, 1.82) is 0 Å². The van der Waals surface area contributed by atoms with Crippen LogP contribution < -0.4 is 21.7 Å². The first-order chi connectivity index (χ1) is 12.5. The van der Waals surface area contributed by atoms with Crippen molar-refractivity contribution in [3.63, 3.8) is 0 Å². The number of carboxylic acids is 1. The molecule has 10 nitrogen and oxygen atoms in total. The molecule has 0 bridgehead atoms. The molecule has 0 fully saturated rings. The number of nitrogens with one attached hydrogen (secondary N) is 3. The Morgan fingerprint density at radius 3 is 1.74 bits per heavy atom. The molecule has 0 aromatic carbocycles. The molecular formula is C17H32N4O6. The summed E-state index contributed by atoms with van der Waals surface area (Å²) in [5, 5.41) is 25.3. The highest BCUT2D eigenvalue weighted by molar-refractivity contribution is 5.94. The molecule has 0 heterocycles. The highest BCUT2D eigenvalue weighted by Crippen LogP contribution is 2.10. The van der Waals surface area contributed by atoms with Crippen molar-refractivity contribution in [2.24, 2.45) is 17.6 Å². The van der Waals surface area contributed by atoms with Gasteiger partial charge in [-0.15, -0.1) is 0 Å². The van der Waals surface area contributed by atoms with Crippen molar-refractivity contribution in [2.45, 2.75) is 65.2 Å². The molecule has 5 atom stereocenters. The molecule has 0 saturated carbocycles. The molecule has 0 aliphatic heterocycles. The molecule has 0 spiro atoms. The molecule has 0 aromatic heterocycles. The maximum atomic E-state index is 12.7. The third kappa shape index (κ3) is 7.92. The van der Waals surface area contributed by atoms with Gasteiger partial charge in [0, 0.05) is 0 Å². The first-order valence-corrected chi connectivity index (χ1v) is 8.96. The van der Waals surface area contributed by atoms with Crippen molar-refractivity contribution >= 4 is 23.7 Å². The zero-order chi connectivity index (χ0) is 21.3. The number of amides is 3. The van der Waals surface area contributed by atoms with Crippen LogP contribution in [0.4, 0.5) is 0 Å². The Balaban J connectivity index is 5.32. The molecule has 0 rings (SSSR count). The van der Waals surface area contributed by atoms with E-state index >= 15 is 0 Å². The number of aliphatic carboxylic acids is 1. The van der Waals surface area contributed by atoms with E-state index in [1.54, 1.807) is 20.8 Å². The second kappa shape index (κ2) is 11.5. The van der Waals surface area contributed by atoms with E-state index in [-0.39, 0.29) is 11.8 Å². The molecule has 0 radical (unpaired) electrons. The van der Waals surface area contributed by atoms with Crippen LogP contribution in [0.3, 0.4) is 0 Å². The van der Waals surface area contributed by atoms with Gasteiger partial charge in [0.1, 0.15) is 18.1 Å². The first-order valence-electron chi connectivity index (χ1n) is 8.96. The van der Waals surface area contributed by atoms with Gasteiger partial charge in [0.2, 0.25) is 17.7 Å². The Kier molecular flexibility index (Phi) is 10.6. The molecular weight excluding hydrogens is 356 g/mol. The third-order valence-electron chi connectivity index (χ3n) is 4.25. The summed E-state index contributed by atoms with van der Waals surface area (Å²) in [6.45, 7) is 7.71. The Morgan fingerprint density at radius 1 is 0.889 bits per heavy atom. The number of nitrogens with two attached hydrogens (primary N) is 1. The van der Waals surface area contributed by atoms with Gasteiger partial charge in [-0.1, -0.05) is 34.1 Å². The van der Waals surface area contributed by atoms with Gasteiger partial charge in [-0.2, -0.15) is 0 Å². The zero-order valence-electron chi connectivity index (χ0n) is 16.5. The number of aliphatic hydroxyl groups is 1. The van der Waals surface area contributed by atoms with Crippen molar-refractivity contribution in [3.8, 4) is 0 Å². The molecule has 10 heteroatoms. The summed E-state index contributed by atoms with van der Waals surface area (Å²) in [4.78, 5) is 48.0. The Morgan fingerprint density at radius 2 is 1.37 bits per heavy atom. The van der Waals surface area contributed by atoms with Crippen LogP contribution in [0, 0.1) is 11.8 Å². The summed E-state index contributed by atoms with van der Waals surface area (Å²) in [6, 6.07) is -4.20. The number of carbonyl (C=O) groups is 4. The summed E-state index contributed by atoms with van der Waals surface area (Å²) in [7, 11) is 0. The van der Waals surface area contributed by atoms with Crippen molar-refractivity contribution < 1.29 is 29.4 Å². The minimum Gasteiger partial charge on any atom is -0.480 e. The highest BCUT2D eigenvalue weighted by Gasteiger charge is 2.33. The minimum atomic E-state index is -1.47. The van der Waals surface area contributed by atoms with Gasteiger partial charge in [-0.05, 0) is 18.8 Å². The van der Waals surface area contributed by atoms with Gasteiger partial charge in [-0.3, -0.25) is 14.4 Å². The van der Waals surface area contributed by atoms with Crippen LogP contribution in [0.15, 0.2) is 0 Å². The zero-order valence-corrected chi connectivity index (χ0v) is 16.5. The lowest BCUT2D eigenvalue weighted by molar-refractivity contribution is -0.143. The van der Waals surface area contributed by atoms with E-state index in [9.17, 15) is 19.2 Å². The number of carbonyl (C=O) groups excluding carboxylic acids is 3. The second-order valence-corrected chi connectivity index (χ2v) is 6.97. The molecule has 0 aromatic rings. The number of hydrogen-bond donors (Lipinski definition) is 6. The number of carboxylic acid groups (broad SMARTS) is 1. The van der Waals surface area contributed by atoms with Crippen LogP contribution in [0.1, 0.15) is 41.0 Å². The molecule has 0 aliphatic carbocycles. The first kappa shape index (κ1) is 24.8. The predicted molar refractivity (Wildman–Crippen MR) is 98.5 cm³/mol. The molecule has 7 N–H and O–H groups in total. The van der Waals surface area contributed by atoms with E-state index in [1.807, 2.05) is 6.92 Å². The largest absolute Gasteiger partial charge is 0.480 e. The van der Waals surface area contributed by atoms with E-state index in [2.05, 4.69) is 16.0 Å². The summed E-state index contributed by atoms with van der Waals surface area (Å²) in [6.07, 6.45) is 0.599. The lowest BCUT2D eigenvalue weighted by Gasteiger charge is -2.28. The van der Waals surface area contributed by atoms with Crippen LogP contribution in [0.5, 0.6) is 0 Å². The maximum absolute atomic E-state index is 12.7. The maximum Gasteiger partial charge on any atom is 0.328 e. The van der Waals surface area contributed by atoms with Crippen molar-refractivity contribution in [3.05, 3.63) is 0 Å². The van der Waals surface area contributed by atoms with E-state index in [0.717, 1.165) is 0 Å². The Labute approximate surface area is 159 Å². The highest BCUT2D eigenvalue weighted by atomic mass is 16.4. The fourth-order valence-electron chi connectivity index (χ4n) is 2.21. The van der Waals surface area contributed by atoms with E-state index in [1.165, 1.54) is 6.92 Å². The average Bonchev–Trinajstić information content (AvgIpc) is 2.59. The fourth-order valence-corrected chi connectivity index (χ4v) is 2.21. The second-order valence-electron chi connectivity index (χ2n) is 6.97. The summed E-state index contributed by atoms with van der Waals surface area (Å²) in [5.41, 5.74) is 5.54. The van der Waals surface area contributed by atoms with Crippen molar-refractivity contribution in [1.82, 2.24) is 16.0 Å². The van der Waals surface area contributed by atoms with E-state index in [4.69, 9.17) is 15.9 Å². The summed E-state index contributed by atoms with van der Waals surface area (Å²) < 4.78 is 0. The van der Waals surface area contributed by atoms with Gasteiger partial charge in [-0.25, -0.2) is 4.79 Å². The van der Waals surface area contributed by atoms with E-state index < -0.39 is 54.5 Å². The van der Waals surface area contributed by atoms with Crippen LogP contribution in [0.2, 0.25) is 0 Å². The molecule has 27 heavy (non-hydrogen) atoms. The monoisotopic (exact) mass is 388 g/mol. The van der Waals surface area contributed by atoms with Crippen LogP contribution in [0.25, 0.3) is 0 Å². The lowest BCUT2D eigenvalue weighted by atomic mass is 9.96. The standard InChI is InChI=1S/C17H32N4O6/c1-6-9(4)13(21-14(23)10(5)18)16(25)20-12(8(2)3)15(24)19-11(7-22)17(26)27/h8-13,22H,6-7,18H2,1-5H3,(H,19,24)(H,20,25)(H,21,23)(H,26,27). The molecule has 0 aliphatic rings. The molecule has 5 unspecified atom stereocenters. The fraction of sp³-hybridized carbons (Fsp3) is 0.765. The van der Waals surface area contributed by atoms with Crippen LogP contribution >= 0.6 is 0 Å². The van der Waals surface area contributed by atoms with Gasteiger partial charge in [0.25, 0.3) is 0 Å². The number of hydrogen-bond acceptors (Lipinski definition) is 6. The Bertz CT molecular complexity index is 538. The van der Waals surface area contributed by atoms with Gasteiger partial charge in [0.15, 0.2) is 0 Å². The van der Waals surface area contributed by atoms with Gasteiger partial charge < -0.3 is 31.9 Å². The number of rotatable bonds is 11. The molecule has 3 amide bonds. The predicted octanol–water partition coefficient (Wildman–Crippen LogP) is -1.43. The minimum absolute atomic E-state index is 0.215. The lowest BCUT2D eigenvalue weighted by Crippen LogP contribution is -2.59. The normalized spacial score (nSPS) is 16.6. The summed E-state index contributed by atoms with van der Waals surface area (Å²) in [5.74, 6) is -3.76. The topological polar surface area (TPSA) is 171 Å². The Hall–Kier alpha value is -2.20. The average molecular weight is 388 g/mol. The smallest absolute Gasteiger partial charge is 0.328 e. The van der Waals surface area contributed by atoms with Gasteiger partial charge in [0.05, 0.1) is 12.6 Å². The molecule has 0 saturated heterocycles. The van der Waals surface area contributed by atoms with Gasteiger partial charge >= 0.3 is 5.97 Å². The quantitative estimate of drug-likeness (QED) is 0.252. The molecule has 156 valence electrons. The summed E-state index contributed by atoms with van der Waals surface area (Å²) >= 11 is 0. The van der Waals surface area contributed by atoms with Crippen LogP contribution in [-0.2, 0) is 19.2 Å². The van der Waals surface area contributed by atoms with Crippen LogP contribution in [-0.4, -0.2) is 64.7 Å². The third-order valence-corrected chi connectivity index (χ3v) is 4.25. The van der Waals surface area contributed by atoms with E-state index in [0.29, 0.717) is 6.42 Å². The SMILES string of the molecule is CCC(C)C(NC(=O)C(C)N)C(=O)NC(C(=O)NC(CO)C(=O)O)C(C)C. The van der Waals surface area contributed by atoms with Crippen molar-refractivity contribution in [2.75, 3.05) is 6.61 Å².